The van der Waals surface area contributed by atoms with E-state index in [1.165, 1.54) is 16.7 Å². The average molecular weight is 170 g/mol. The Labute approximate surface area is 79.7 Å². The summed E-state index contributed by atoms with van der Waals surface area (Å²) in [4.78, 5) is 0. The smallest absolute Gasteiger partial charge is 0.0296 e. The van der Waals surface area contributed by atoms with Crippen molar-refractivity contribution in [1.82, 2.24) is 0 Å². The second kappa shape index (κ2) is 3.21. The molecule has 0 heterocycles. The van der Waals surface area contributed by atoms with Crippen LogP contribution in [0.1, 0.15) is 13.8 Å². The molecule has 1 unspecified atom stereocenters. The van der Waals surface area contributed by atoms with Crippen LogP contribution in [0.25, 0.3) is 0 Å². The molecule has 0 aliphatic heterocycles. The van der Waals surface area contributed by atoms with Crippen LogP contribution in [0.4, 0.5) is 0 Å². The molecular weight excluding hydrogens is 156 g/mol. The fraction of sp³-hybridized carbons (Fsp3) is 0.231. The maximum atomic E-state index is 2.20. The Morgan fingerprint density at radius 2 is 1.92 bits per heavy atom. The second-order valence-corrected chi connectivity index (χ2v) is 3.52. The van der Waals surface area contributed by atoms with Crippen molar-refractivity contribution in [2.24, 2.45) is 5.92 Å². The van der Waals surface area contributed by atoms with Crippen LogP contribution in [-0.2, 0) is 0 Å². The monoisotopic (exact) mass is 170 g/mol. The van der Waals surface area contributed by atoms with Gasteiger partial charge in [-0.1, -0.05) is 48.1 Å². The van der Waals surface area contributed by atoms with Gasteiger partial charge in [-0.2, -0.15) is 0 Å². The van der Waals surface area contributed by atoms with Crippen LogP contribution in [0.15, 0.2) is 59.3 Å². The number of allylic oxidation sites excluding steroid dienone is 10. The van der Waals surface area contributed by atoms with Crippen LogP contribution in [-0.4, -0.2) is 0 Å². The zero-order chi connectivity index (χ0) is 9.26. The van der Waals surface area contributed by atoms with E-state index in [1.54, 1.807) is 0 Å². The molecule has 66 valence electrons. The highest BCUT2D eigenvalue weighted by Gasteiger charge is 2.20. The zero-order valence-electron chi connectivity index (χ0n) is 8.12. The topological polar surface area (TPSA) is 0 Å². The molecule has 0 spiro atoms. The van der Waals surface area contributed by atoms with Gasteiger partial charge in [-0.3, -0.25) is 0 Å². The minimum atomic E-state index is 0.514. The van der Waals surface area contributed by atoms with Gasteiger partial charge < -0.3 is 0 Å². The van der Waals surface area contributed by atoms with Gasteiger partial charge in [0.05, 0.1) is 0 Å². The van der Waals surface area contributed by atoms with Crippen molar-refractivity contribution >= 4 is 0 Å². The molecule has 0 N–H and O–H groups in total. The molecule has 2 rings (SSSR count). The summed E-state index contributed by atoms with van der Waals surface area (Å²) in [6.45, 7) is 4.30. The third-order valence-corrected chi connectivity index (χ3v) is 2.68. The average Bonchev–Trinajstić information content (AvgIpc) is 2.17. The Morgan fingerprint density at radius 3 is 2.69 bits per heavy atom. The summed E-state index contributed by atoms with van der Waals surface area (Å²) in [5.74, 6) is 0.514. The van der Waals surface area contributed by atoms with Crippen molar-refractivity contribution in [2.75, 3.05) is 0 Å². The predicted molar refractivity (Wildman–Crippen MR) is 57.4 cm³/mol. The lowest BCUT2D eigenvalue weighted by Crippen LogP contribution is -2.11. The quantitative estimate of drug-likeness (QED) is 0.521. The molecule has 0 aromatic rings. The minimum absolute atomic E-state index is 0.514. The Kier molecular flexibility index (Phi) is 2.05. The molecule has 13 heavy (non-hydrogen) atoms. The van der Waals surface area contributed by atoms with Gasteiger partial charge in [0.2, 0.25) is 0 Å². The second-order valence-electron chi connectivity index (χ2n) is 3.52. The van der Waals surface area contributed by atoms with Crippen molar-refractivity contribution < 1.29 is 0 Å². The van der Waals surface area contributed by atoms with Gasteiger partial charge >= 0.3 is 0 Å². The molecule has 0 fully saturated rings. The first-order valence-corrected chi connectivity index (χ1v) is 4.72. The van der Waals surface area contributed by atoms with Gasteiger partial charge in [0.25, 0.3) is 0 Å². The standard InChI is InChI=1S/C13H14/c1-3-11-7-5-9-12-8-4-6-10(2)13(11)12/h3-9,13H,1-2H3/b11-3-. The number of hydrogen-bond acceptors (Lipinski definition) is 0. The molecule has 0 aromatic carbocycles. The molecule has 0 amide bonds. The molecule has 2 aliphatic carbocycles. The summed E-state index contributed by atoms with van der Waals surface area (Å²) in [5.41, 5.74) is 4.26. The van der Waals surface area contributed by atoms with Crippen molar-refractivity contribution in [2.45, 2.75) is 13.8 Å². The Hall–Kier alpha value is -1.30. The summed E-state index contributed by atoms with van der Waals surface area (Å²) in [6.07, 6.45) is 15.3. The minimum Gasteiger partial charge on any atom is -0.0835 e. The zero-order valence-corrected chi connectivity index (χ0v) is 8.12. The van der Waals surface area contributed by atoms with Crippen LogP contribution >= 0.6 is 0 Å². The highest BCUT2D eigenvalue weighted by molar-refractivity contribution is 5.51. The maximum absolute atomic E-state index is 2.20. The Balaban J connectivity index is 2.47. The SMILES string of the molecule is C/C=C1/C=CC=C2C=CC=C(C)C21. The van der Waals surface area contributed by atoms with E-state index in [1.807, 2.05) is 0 Å². The summed E-state index contributed by atoms with van der Waals surface area (Å²) in [6, 6.07) is 0. The molecule has 0 radical (unpaired) electrons. The predicted octanol–water partition coefficient (Wildman–Crippen LogP) is 3.56. The number of rotatable bonds is 0. The molecule has 0 saturated heterocycles. The lowest BCUT2D eigenvalue weighted by atomic mass is 9.79. The lowest BCUT2D eigenvalue weighted by molar-refractivity contribution is 0.858. The van der Waals surface area contributed by atoms with Crippen molar-refractivity contribution in [3.63, 3.8) is 0 Å². The third kappa shape index (κ3) is 1.33. The highest BCUT2D eigenvalue weighted by Crippen LogP contribution is 2.34. The maximum Gasteiger partial charge on any atom is 0.0296 e. The van der Waals surface area contributed by atoms with Gasteiger partial charge in [0, 0.05) is 5.92 Å². The normalized spacial score (nSPS) is 28.5. The van der Waals surface area contributed by atoms with E-state index in [9.17, 15) is 0 Å². The molecule has 0 aromatic heterocycles. The molecule has 1 atom stereocenters. The molecule has 0 bridgehead atoms. The van der Waals surface area contributed by atoms with E-state index in [0.29, 0.717) is 5.92 Å². The van der Waals surface area contributed by atoms with Crippen LogP contribution in [0.5, 0.6) is 0 Å². The summed E-state index contributed by atoms with van der Waals surface area (Å²) in [5, 5.41) is 0. The summed E-state index contributed by atoms with van der Waals surface area (Å²) < 4.78 is 0. The lowest BCUT2D eigenvalue weighted by Gasteiger charge is -2.25. The van der Waals surface area contributed by atoms with Crippen LogP contribution in [0.2, 0.25) is 0 Å². The molecule has 2 aliphatic rings. The van der Waals surface area contributed by atoms with Gasteiger partial charge in [0.1, 0.15) is 0 Å². The Morgan fingerprint density at radius 1 is 1.15 bits per heavy atom. The summed E-state index contributed by atoms with van der Waals surface area (Å²) >= 11 is 0. The van der Waals surface area contributed by atoms with Crippen molar-refractivity contribution in [3.05, 3.63) is 59.3 Å². The first-order chi connectivity index (χ1) is 6.33. The fourth-order valence-electron chi connectivity index (χ4n) is 2.00. The first kappa shape index (κ1) is 8.31. The van der Waals surface area contributed by atoms with Gasteiger partial charge in [-0.15, -0.1) is 0 Å². The molecule has 0 heteroatoms. The number of fused-ring (bicyclic) bond motifs is 1. The largest absolute Gasteiger partial charge is 0.0835 e. The fourth-order valence-corrected chi connectivity index (χ4v) is 2.00. The van der Waals surface area contributed by atoms with Gasteiger partial charge in [-0.05, 0) is 25.0 Å². The first-order valence-electron chi connectivity index (χ1n) is 4.72. The molecule has 0 nitrogen and oxygen atoms in total. The van der Waals surface area contributed by atoms with Gasteiger partial charge in [0.15, 0.2) is 0 Å². The summed E-state index contributed by atoms with van der Waals surface area (Å²) in [7, 11) is 0. The van der Waals surface area contributed by atoms with Crippen LogP contribution in [0, 0.1) is 5.92 Å². The number of hydrogen-bond donors (Lipinski definition) is 0. The van der Waals surface area contributed by atoms with E-state index in [0.717, 1.165) is 0 Å². The Bertz CT molecular complexity index is 359. The molecule has 0 saturated carbocycles. The van der Waals surface area contributed by atoms with E-state index in [2.05, 4.69) is 56.4 Å². The van der Waals surface area contributed by atoms with Crippen LogP contribution in [0.3, 0.4) is 0 Å². The van der Waals surface area contributed by atoms with Crippen molar-refractivity contribution in [1.29, 1.82) is 0 Å². The third-order valence-electron chi connectivity index (χ3n) is 2.68. The van der Waals surface area contributed by atoms with Crippen molar-refractivity contribution in [3.8, 4) is 0 Å². The van der Waals surface area contributed by atoms with E-state index >= 15 is 0 Å². The highest BCUT2D eigenvalue weighted by atomic mass is 14.2. The van der Waals surface area contributed by atoms with Crippen LogP contribution < -0.4 is 0 Å². The van der Waals surface area contributed by atoms with E-state index in [-0.39, 0.29) is 0 Å². The van der Waals surface area contributed by atoms with E-state index in [4.69, 9.17) is 0 Å². The van der Waals surface area contributed by atoms with Gasteiger partial charge in [-0.25, -0.2) is 0 Å². The van der Waals surface area contributed by atoms with E-state index < -0.39 is 0 Å². The molecular formula is C13H14.